The van der Waals surface area contributed by atoms with Crippen LogP contribution in [-0.4, -0.2) is 23.8 Å². The lowest BCUT2D eigenvalue weighted by Gasteiger charge is -2.37. The van der Waals surface area contributed by atoms with Gasteiger partial charge in [0.1, 0.15) is 0 Å². The fraction of sp³-hybridized carbons (Fsp3) is 1.00. The van der Waals surface area contributed by atoms with Gasteiger partial charge in [0.05, 0.1) is 0 Å². The highest BCUT2D eigenvalue weighted by molar-refractivity contribution is 4.89. The highest BCUT2D eigenvalue weighted by atomic mass is 16.3. The summed E-state index contributed by atoms with van der Waals surface area (Å²) in [6.07, 6.45) is 7.88. The van der Waals surface area contributed by atoms with E-state index in [1.807, 2.05) is 0 Å². The molecule has 16 heavy (non-hydrogen) atoms. The molecule has 2 heteroatoms. The normalized spacial score (nSPS) is 44.8. The Morgan fingerprint density at radius 2 is 1.69 bits per heavy atom. The molecule has 0 radical (unpaired) electrons. The summed E-state index contributed by atoms with van der Waals surface area (Å²) in [5.41, 5.74) is 0. The zero-order valence-corrected chi connectivity index (χ0v) is 10.8. The molecule has 2 nitrogen and oxygen atoms in total. The van der Waals surface area contributed by atoms with Gasteiger partial charge in [-0.25, -0.2) is 0 Å². The van der Waals surface area contributed by atoms with Gasteiger partial charge in [-0.3, -0.25) is 0 Å². The summed E-state index contributed by atoms with van der Waals surface area (Å²) >= 11 is 0. The maximum absolute atomic E-state index is 9.34. The van der Waals surface area contributed by atoms with Crippen molar-refractivity contribution >= 4 is 0 Å². The Morgan fingerprint density at radius 3 is 2.44 bits per heavy atom. The van der Waals surface area contributed by atoms with Crippen molar-refractivity contribution in [2.75, 3.05) is 6.61 Å². The lowest BCUT2D eigenvalue weighted by atomic mass is 9.77. The van der Waals surface area contributed by atoms with Crippen molar-refractivity contribution in [1.29, 1.82) is 0 Å². The molecule has 94 valence electrons. The van der Waals surface area contributed by atoms with Gasteiger partial charge in [-0.05, 0) is 37.0 Å². The second-order valence-corrected chi connectivity index (χ2v) is 6.02. The van der Waals surface area contributed by atoms with Gasteiger partial charge in [-0.2, -0.15) is 0 Å². The minimum absolute atomic E-state index is 0.369. The molecule has 2 fully saturated rings. The Morgan fingerprint density at radius 1 is 1.00 bits per heavy atom. The number of rotatable bonds is 3. The molecule has 0 aromatic heterocycles. The zero-order chi connectivity index (χ0) is 11.5. The van der Waals surface area contributed by atoms with Gasteiger partial charge < -0.3 is 10.4 Å². The third kappa shape index (κ3) is 2.60. The largest absolute Gasteiger partial charge is 0.396 e. The van der Waals surface area contributed by atoms with Gasteiger partial charge in [-0.15, -0.1) is 0 Å². The number of aliphatic hydroxyl groups excluding tert-OH is 1. The van der Waals surface area contributed by atoms with E-state index in [1.54, 1.807) is 0 Å². The molecule has 5 atom stereocenters. The molecule has 2 rings (SSSR count). The van der Waals surface area contributed by atoms with Gasteiger partial charge in [0.25, 0.3) is 0 Å². The summed E-state index contributed by atoms with van der Waals surface area (Å²) in [5.74, 6) is 2.18. The van der Waals surface area contributed by atoms with E-state index in [2.05, 4.69) is 19.2 Å². The first-order valence-corrected chi connectivity index (χ1v) is 7.09. The van der Waals surface area contributed by atoms with Crippen molar-refractivity contribution in [3.05, 3.63) is 0 Å². The fourth-order valence-electron chi connectivity index (χ4n) is 3.57. The van der Waals surface area contributed by atoms with E-state index in [9.17, 15) is 5.11 Å². The van der Waals surface area contributed by atoms with Gasteiger partial charge in [0.2, 0.25) is 0 Å². The second kappa shape index (κ2) is 5.50. The fourth-order valence-corrected chi connectivity index (χ4v) is 3.57. The van der Waals surface area contributed by atoms with E-state index in [0.29, 0.717) is 24.6 Å². The van der Waals surface area contributed by atoms with Crippen molar-refractivity contribution in [3.8, 4) is 0 Å². The highest BCUT2D eigenvalue weighted by Gasteiger charge is 2.32. The van der Waals surface area contributed by atoms with Gasteiger partial charge >= 0.3 is 0 Å². The molecule has 0 spiro atoms. The minimum Gasteiger partial charge on any atom is -0.396 e. The molecule has 2 saturated carbocycles. The molecule has 2 aliphatic rings. The number of aliphatic hydroxyl groups is 1. The van der Waals surface area contributed by atoms with E-state index in [-0.39, 0.29) is 0 Å². The van der Waals surface area contributed by atoms with Crippen LogP contribution in [0, 0.1) is 17.8 Å². The van der Waals surface area contributed by atoms with Crippen LogP contribution in [0.3, 0.4) is 0 Å². The molecule has 2 N–H and O–H groups in total. The van der Waals surface area contributed by atoms with Gasteiger partial charge in [0, 0.05) is 18.7 Å². The number of nitrogens with one attached hydrogen (secondary N) is 1. The lowest BCUT2D eigenvalue weighted by molar-refractivity contribution is 0.157. The van der Waals surface area contributed by atoms with Crippen LogP contribution in [0.5, 0.6) is 0 Å². The summed E-state index contributed by atoms with van der Waals surface area (Å²) in [6.45, 7) is 5.15. The first kappa shape index (κ1) is 12.4. The summed E-state index contributed by atoms with van der Waals surface area (Å²) in [6, 6.07) is 1.28. The second-order valence-electron chi connectivity index (χ2n) is 6.02. The summed E-state index contributed by atoms with van der Waals surface area (Å²) in [7, 11) is 0. The Labute approximate surface area is 99.8 Å². The topological polar surface area (TPSA) is 32.3 Å². The molecule has 0 heterocycles. The molecule has 0 aliphatic heterocycles. The van der Waals surface area contributed by atoms with Crippen LogP contribution in [0.1, 0.15) is 52.4 Å². The Kier molecular flexibility index (Phi) is 4.26. The average molecular weight is 225 g/mol. The molecule has 5 unspecified atom stereocenters. The maximum Gasteiger partial charge on any atom is 0.0474 e. The Bertz CT molecular complexity index is 219. The van der Waals surface area contributed by atoms with Crippen LogP contribution >= 0.6 is 0 Å². The third-order valence-electron chi connectivity index (χ3n) is 5.03. The van der Waals surface area contributed by atoms with E-state index in [4.69, 9.17) is 0 Å². The summed E-state index contributed by atoms with van der Waals surface area (Å²) in [5, 5.41) is 13.2. The zero-order valence-electron chi connectivity index (χ0n) is 10.8. The maximum atomic E-state index is 9.34. The molecular formula is C14H27NO. The Balaban J connectivity index is 1.88. The minimum atomic E-state index is 0.369. The van der Waals surface area contributed by atoms with Crippen LogP contribution in [0.4, 0.5) is 0 Å². The number of hydrogen-bond acceptors (Lipinski definition) is 2. The number of hydrogen-bond donors (Lipinski definition) is 2. The van der Waals surface area contributed by atoms with Crippen molar-refractivity contribution in [1.82, 2.24) is 5.32 Å². The van der Waals surface area contributed by atoms with Crippen molar-refractivity contribution in [2.24, 2.45) is 17.8 Å². The van der Waals surface area contributed by atoms with Crippen molar-refractivity contribution < 1.29 is 5.11 Å². The predicted octanol–water partition coefficient (Wildman–Crippen LogP) is 2.56. The van der Waals surface area contributed by atoms with Crippen molar-refractivity contribution in [3.63, 3.8) is 0 Å². The van der Waals surface area contributed by atoms with Gasteiger partial charge in [0.15, 0.2) is 0 Å². The molecule has 2 aliphatic carbocycles. The molecule has 0 amide bonds. The SMILES string of the molecule is CC1CCCC(NC2CCCC2CO)C1C. The average Bonchev–Trinajstić information content (AvgIpc) is 2.72. The monoisotopic (exact) mass is 225 g/mol. The van der Waals surface area contributed by atoms with E-state index in [1.165, 1.54) is 38.5 Å². The predicted molar refractivity (Wildman–Crippen MR) is 67.3 cm³/mol. The highest BCUT2D eigenvalue weighted by Crippen LogP contribution is 2.32. The van der Waals surface area contributed by atoms with E-state index < -0.39 is 0 Å². The quantitative estimate of drug-likeness (QED) is 0.773. The van der Waals surface area contributed by atoms with Crippen LogP contribution < -0.4 is 5.32 Å². The lowest BCUT2D eigenvalue weighted by Crippen LogP contribution is -2.47. The summed E-state index contributed by atoms with van der Waals surface area (Å²) in [4.78, 5) is 0. The molecular weight excluding hydrogens is 198 g/mol. The van der Waals surface area contributed by atoms with Crippen LogP contribution in [0.25, 0.3) is 0 Å². The molecule has 0 saturated heterocycles. The first-order chi connectivity index (χ1) is 7.72. The van der Waals surface area contributed by atoms with Crippen LogP contribution in [0.2, 0.25) is 0 Å². The standard InChI is InChI=1S/C14H27NO/c1-10-5-3-7-13(11(10)2)15-14-8-4-6-12(14)9-16/h10-16H,3-9H2,1-2H3. The summed E-state index contributed by atoms with van der Waals surface area (Å²) < 4.78 is 0. The van der Waals surface area contributed by atoms with Gasteiger partial charge in [-0.1, -0.05) is 33.1 Å². The smallest absolute Gasteiger partial charge is 0.0474 e. The van der Waals surface area contributed by atoms with Crippen LogP contribution in [0.15, 0.2) is 0 Å². The van der Waals surface area contributed by atoms with Crippen molar-refractivity contribution in [2.45, 2.75) is 64.5 Å². The van der Waals surface area contributed by atoms with E-state index >= 15 is 0 Å². The Hall–Kier alpha value is -0.0800. The molecule has 0 aromatic carbocycles. The van der Waals surface area contributed by atoms with Crippen LogP contribution in [-0.2, 0) is 0 Å². The first-order valence-electron chi connectivity index (χ1n) is 7.09. The third-order valence-corrected chi connectivity index (χ3v) is 5.03. The molecule has 0 bridgehead atoms. The molecule has 0 aromatic rings. The van der Waals surface area contributed by atoms with E-state index in [0.717, 1.165) is 11.8 Å².